The van der Waals surface area contributed by atoms with E-state index < -0.39 is 17.8 Å². The molecule has 6 aromatic rings. The molecule has 0 atom stereocenters. The summed E-state index contributed by atoms with van der Waals surface area (Å²) >= 11 is 0. The third kappa shape index (κ3) is 5.12. The molecule has 6 heteroatoms. The summed E-state index contributed by atoms with van der Waals surface area (Å²) in [5.41, 5.74) is 3.57. The number of amidine groups is 1. The summed E-state index contributed by atoms with van der Waals surface area (Å²) in [5, 5.41) is 17.1. The number of halogens is 3. The van der Waals surface area contributed by atoms with Gasteiger partial charge in [-0.25, -0.2) is 4.99 Å². The molecular formula is C35H24F3N2O-. The molecule has 0 fully saturated rings. The van der Waals surface area contributed by atoms with Crippen molar-refractivity contribution in [3.8, 4) is 22.3 Å². The van der Waals surface area contributed by atoms with Crippen LogP contribution in [0.2, 0.25) is 0 Å². The van der Waals surface area contributed by atoms with Crippen LogP contribution in [-0.4, -0.2) is 13.1 Å². The van der Waals surface area contributed by atoms with Crippen molar-refractivity contribution in [2.24, 2.45) is 4.99 Å². The number of hydrogen-bond acceptors (Lipinski definition) is 2. The lowest BCUT2D eigenvalue weighted by Gasteiger charge is -2.26. The van der Waals surface area contributed by atoms with Crippen LogP contribution in [0.25, 0.3) is 43.8 Å². The van der Waals surface area contributed by atoms with Crippen LogP contribution >= 0.6 is 0 Å². The third-order valence-electron chi connectivity index (χ3n) is 7.23. The normalized spacial score (nSPS) is 12.1. The number of fused-ring (bicyclic) bond motifs is 2. The molecule has 3 nitrogen and oxygen atoms in total. The Bertz CT molecular complexity index is 1900. The molecule has 0 heterocycles. The Morgan fingerprint density at radius 1 is 0.659 bits per heavy atom. The molecule has 0 radical (unpaired) electrons. The highest BCUT2D eigenvalue weighted by molar-refractivity contribution is 6.11. The van der Waals surface area contributed by atoms with E-state index in [2.05, 4.69) is 4.99 Å². The Morgan fingerprint density at radius 2 is 1.29 bits per heavy atom. The Kier molecular flexibility index (Phi) is 6.67. The molecule has 0 unspecified atom stereocenters. The molecule has 0 saturated carbocycles. The van der Waals surface area contributed by atoms with Crippen molar-refractivity contribution in [3.63, 3.8) is 0 Å². The second kappa shape index (κ2) is 10.5. The summed E-state index contributed by atoms with van der Waals surface area (Å²) in [6.07, 6.45) is -4.41. The van der Waals surface area contributed by atoms with Gasteiger partial charge in [-0.3, -0.25) is 0 Å². The highest BCUT2D eigenvalue weighted by Crippen LogP contribution is 2.43. The van der Waals surface area contributed by atoms with E-state index in [1.165, 1.54) is 17.0 Å². The van der Waals surface area contributed by atoms with Crippen molar-refractivity contribution in [2.75, 3.05) is 11.9 Å². The van der Waals surface area contributed by atoms with Crippen LogP contribution in [0.15, 0.2) is 132 Å². The molecule has 0 bridgehead atoms. The SMILES string of the molecule is CN(C([O-])=Nc1ccc2ccccc2c1-c1cc(-c2ccc(C(F)(F)F)cc2)cc2ccccc12)c1ccccc1. The van der Waals surface area contributed by atoms with Crippen molar-refractivity contribution in [2.45, 2.75) is 6.18 Å². The highest BCUT2D eigenvalue weighted by Gasteiger charge is 2.30. The first kappa shape index (κ1) is 26.1. The molecule has 202 valence electrons. The molecule has 6 aromatic carbocycles. The lowest BCUT2D eigenvalue weighted by molar-refractivity contribution is -0.217. The van der Waals surface area contributed by atoms with Crippen LogP contribution in [0.4, 0.5) is 24.5 Å². The van der Waals surface area contributed by atoms with E-state index in [9.17, 15) is 18.3 Å². The number of rotatable bonds is 4. The van der Waals surface area contributed by atoms with Gasteiger partial charge < -0.3 is 10.0 Å². The van der Waals surface area contributed by atoms with E-state index in [4.69, 9.17) is 0 Å². The van der Waals surface area contributed by atoms with Crippen LogP contribution in [0.5, 0.6) is 0 Å². The maximum atomic E-state index is 13.4. The molecular weight excluding hydrogens is 521 g/mol. The van der Waals surface area contributed by atoms with E-state index in [1.54, 1.807) is 7.05 Å². The Balaban J connectivity index is 1.58. The molecule has 0 saturated heterocycles. The minimum Gasteiger partial charge on any atom is -0.846 e. The number of anilines is 1. The summed E-state index contributed by atoms with van der Waals surface area (Å²) in [4.78, 5) is 6.07. The van der Waals surface area contributed by atoms with Gasteiger partial charge in [-0.1, -0.05) is 84.9 Å². The van der Waals surface area contributed by atoms with E-state index in [1.807, 2.05) is 103 Å². The second-order valence-electron chi connectivity index (χ2n) is 9.79. The summed E-state index contributed by atoms with van der Waals surface area (Å²) in [6, 6.07) is 37.5. The number of aliphatic imine (C=N–C) groups is 1. The van der Waals surface area contributed by atoms with Crippen molar-refractivity contribution in [1.82, 2.24) is 0 Å². The number of nitrogens with zero attached hydrogens (tertiary/aromatic N) is 2. The first-order valence-electron chi connectivity index (χ1n) is 13.1. The standard InChI is InChI=1S/C35H25F3N2O/c1-40(28-11-3-2-4-12-28)34(41)39-32-20-17-24-9-5-8-14-30(24)33(32)31-22-26(21-25-10-6-7-13-29(25)31)23-15-18-27(19-16-23)35(36,37)38/h2-22H,1H3,(H,39,41)/p-1. The van der Waals surface area contributed by atoms with Crippen LogP contribution in [0.3, 0.4) is 0 Å². The zero-order valence-corrected chi connectivity index (χ0v) is 22.1. The summed E-state index contributed by atoms with van der Waals surface area (Å²) < 4.78 is 39.7. The summed E-state index contributed by atoms with van der Waals surface area (Å²) in [7, 11) is 1.68. The van der Waals surface area contributed by atoms with Crippen LogP contribution in [0.1, 0.15) is 5.56 Å². The van der Waals surface area contributed by atoms with Gasteiger partial charge in [-0.15, -0.1) is 0 Å². The Morgan fingerprint density at radius 3 is 2.00 bits per heavy atom. The van der Waals surface area contributed by atoms with Crippen molar-refractivity contribution in [3.05, 3.63) is 133 Å². The smallest absolute Gasteiger partial charge is 0.416 e. The first-order chi connectivity index (χ1) is 19.8. The predicted molar refractivity (Wildman–Crippen MR) is 159 cm³/mol. The van der Waals surface area contributed by atoms with Gasteiger partial charge in [0.15, 0.2) is 0 Å². The van der Waals surface area contributed by atoms with Crippen LogP contribution < -0.4 is 10.0 Å². The lowest BCUT2D eigenvalue weighted by Crippen LogP contribution is -2.36. The molecule has 0 aromatic heterocycles. The van der Waals surface area contributed by atoms with Gasteiger partial charge in [0, 0.05) is 18.3 Å². The van der Waals surface area contributed by atoms with Gasteiger partial charge >= 0.3 is 6.18 Å². The van der Waals surface area contributed by atoms with Crippen molar-refractivity contribution >= 4 is 38.9 Å². The van der Waals surface area contributed by atoms with Crippen LogP contribution in [0, 0.1) is 0 Å². The molecule has 41 heavy (non-hydrogen) atoms. The fourth-order valence-electron chi connectivity index (χ4n) is 5.11. The molecule has 0 aliphatic rings. The first-order valence-corrected chi connectivity index (χ1v) is 13.1. The van der Waals surface area contributed by atoms with Crippen molar-refractivity contribution in [1.29, 1.82) is 0 Å². The number of para-hydroxylation sites is 1. The Hall–Kier alpha value is -5.10. The zero-order chi connectivity index (χ0) is 28.6. The minimum absolute atomic E-state index is 0.420. The lowest BCUT2D eigenvalue weighted by atomic mass is 9.89. The fourth-order valence-corrected chi connectivity index (χ4v) is 5.11. The topological polar surface area (TPSA) is 38.7 Å². The van der Waals surface area contributed by atoms with Gasteiger partial charge in [-0.2, -0.15) is 13.2 Å². The zero-order valence-electron chi connectivity index (χ0n) is 22.1. The third-order valence-corrected chi connectivity index (χ3v) is 7.23. The van der Waals surface area contributed by atoms with E-state index in [0.29, 0.717) is 11.3 Å². The fraction of sp³-hybridized carbons (Fsp3) is 0.0571. The maximum Gasteiger partial charge on any atom is 0.416 e. The Labute approximate surface area is 235 Å². The monoisotopic (exact) mass is 545 g/mol. The van der Waals surface area contributed by atoms with E-state index in [-0.39, 0.29) is 0 Å². The van der Waals surface area contributed by atoms with Gasteiger partial charge in [-0.05, 0) is 80.7 Å². The highest BCUT2D eigenvalue weighted by atomic mass is 19.4. The largest absolute Gasteiger partial charge is 0.846 e. The molecule has 0 aliphatic heterocycles. The molecule has 6 rings (SSSR count). The minimum atomic E-state index is -4.41. The molecule has 0 aliphatic carbocycles. The van der Waals surface area contributed by atoms with Crippen LogP contribution in [-0.2, 0) is 6.18 Å². The number of hydrogen-bond donors (Lipinski definition) is 0. The summed E-state index contributed by atoms with van der Waals surface area (Å²) in [5.74, 6) is 0. The average Bonchev–Trinajstić information content (AvgIpc) is 3.00. The van der Waals surface area contributed by atoms with Gasteiger partial charge in [0.2, 0.25) is 0 Å². The van der Waals surface area contributed by atoms with Crippen molar-refractivity contribution < 1.29 is 18.3 Å². The van der Waals surface area contributed by atoms with Gasteiger partial charge in [0.05, 0.1) is 17.3 Å². The molecule has 0 amide bonds. The average molecular weight is 546 g/mol. The van der Waals surface area contributed by atoms with E-state index in [0.717, 1.165) is 56.1 Å². The molecule has 0 N–H and O–H groups in total. The maximum absolute atomic E-state index is 13.4. The van der Waals surface area contributed by atoms with E-state index >= 15 is 0 Å². The quantitative estimate of drug-likeness (QED) is 0.164. The second-order valence-corrected chi connectivity index (χ2v) is 9.79. The summed E-state index contributed by atoms with van der Waals surface area (Å²) in [6.45, 7) is 0. The number of benzene rings is 6. The van der Waals surface area contributed by atoms with Gasteiger partial charge in [0.1, 0.15) is 0 Å². The van der Waals surface area contributed by atoms with Gasteiger partial charge in [0.25, 0.3) is 0 Å². The predicted octanol–water partition coefficient (Wildman–Crippen LogP) is 8.83. The molecule has 0 spiro atoms. The number of alkyl halides is 3.